The molecule has 0 aliphatic carbocycles. The van der Waals surface area contributed by atoms with Crippen LogP contribution in [-0.2, 0) is 13.2 Å². The third kappa shape index (κ3) is 5.08. The molecule has 0 radical (unpaired) electrons. The van der Waals surface area contributed by atoms with Gasteiger partial charge in [0.05, 0.1) is 5.56 Å². The zero-order chi connectivity index (χ0) is 20.8. The minimum Gasteiger partial charge on any atom is -0.489 e. The van der Waals surface area contributed by atoms with E-state index in [1.807, 2.05) is 67.6 Å². The number of aromatic carboxylic acids is 1. The Kier molecular flexibility index (Phi) is 6.39. The summed E-state index contributed by atoms with van der Waals surface area (Å²) in [6.07, 6.45) is 0. The topological polar surface area (TPSA) is 75.8 Å². The molecule has 0 saturated heterocycles. The number of rotatable bonds is 8. The molecule has 150 valence electrons. The molecule has 0 aliphatic heterocycles. The van der Waals surface area contributed by atoms with E-state index in [4.69, 9.17) is 10.5 Å². The average Bonchev–Trinajstić information content (AvgIpc) is 2.71. The van der Waals surface area contributed by atoms with Gasteiger partial charge in [0, 0.05) is 30.0 Å². The van der Waals surface area contributed by atoms with Gasteiger partial charge >= 0.3 is 5.97 Å². The largest absolute Gasteiger partial charge is 0.489 e. The third-order valence-corrected chi connectivity index (χ3v) is 4.87. The first-order chi connectivity index (χ1) is 14.0. The minimum absolute atomic E-state index is 0.320. The van der Waals surface area contributed by atoms with Crippen molar-refractivity contribution in [2.45, 2.75) is 27.0 Å². The molecule has 3 aromatic rings. The van der Waals surface area contributed by atoms with Crippen LogP contribution < -0.4 is 15.4 Å². The summed E-state index contributed by atoms with van der Waals surface area (Å²) in [4.78, 5) is 13.5. The minimum atomic E-state index is -0.912. The molecule has 0 aliphatic rings. The fraction of sp³-hybridized carbons (Fsp3) is 0.208. The van der Waals surface area contributed by atoms with Gasteiger partial charge in [0.25, 0.3) is 0 Å². The smallest absolute Gasteiger partial charge is 0.335 e. The normalized spacial score (nSPS) is 10.6. The Hall–Kier alpha value is -3.47. The molecule has 5 nitrogen and oxygen atoms in total. The number of carbonyl (C=O) groups is 1. The predicted octanol–water partition coefficient (Wildman–Crippen LogP) is 4.88. The highest BCUT2D eigenvalue weighted by atomic mass is 16.5. The first-order valence-electron chi connectivity index (χ1n) is 9.62. The maximum Gasteiger partial charge on any atom is 0.335 e. The Morgan fingerprint density at radius 2 is 1.83 bits per heavy atom. The molecule has 0 amide bonds. The maximum absolute atomic E-state index is 11.3. The fourth-order valence-corrected chi connectivity index (χ4v) is 3.27. The number of aryl methyl sites for hydroxylation is 1. The van der Waals surface area contributed by atoms with E-state index >= 15 is 0 Å². The zero-order valence-electron chi connectivity index (χ0n) is 16.8. The van der Waals surface area contributed by atoms with Crippen molar-refractivity contribution in [3.05, 3.63) is 89.0 Å². The molecule has 3 rings (SSSR count). The van der Waals surface area contributed by atoms with E-state index in [-0.39, 0.29) is 0 Å². The van der Waals surface area contributed by atoms with Gasteiger partial charge in [-0.25, -0.2) is 4.79 Å². The summed E-state index contributed by atoms with van der Waals surface area (Å²) in [7, 11) is 0. The van der Waals surface area contributed by atoms with E-state index in [0.29, 0.717) is 24.4 Å². The van der Waals surface area contributed by atoms with Crippen molar-refractivity contribution in [1.82, 2.24) is 0 Å². The van der Waals surface area contributed by atoms with Gasteiger partial charge in [-0.15, -0.1) is 0 Å². The number of anilines is 2. The number of nitrogens with zero attached hydrogens (tertiary/aromatic N) is 1. The summed E-state index contributed by atoms with van der Waals surface area (Å²) >= 11 is 0. The van der Waals surface area contributed by atoms with Crippen LogP contribution in [0.1, 0.15) is 34.0 Å². The van der Waals surface area contributed by atoms with Crippen molar-refractivity contribution in [2.75, 3.05) is 17.2 Å². The number of nitrogens with two attached hydrogens (primary N) is 1. The molecule has 0 aromatic heterocycles. The molecule has 3 N–H and O–H groups in total. The number of carboxylic acid groups (broad SMARTS) is 1. The van der Waals surface area contributed by atoms with E-state index in [1.54, 1.807) is 6.07 Å². The van der Waals surface area contributed by atoms with Gasteiger partial charge < -0.3 is 20.5 Å². The second-order valence-corrected chi connectivity index (χ2v) is 6.96. The molecule has 0 fully saturated rings. The zero-order valence-corrected chi connectivity index (χ0v) is 16.8. The van der Waals surface area contributed by atoms with Gasteiger partial charge in [-0.1, -0.05) is 30.3 Å². The van der Waals surface area contributed by atoms with Crippen molar-refractivity contribution in [3.8, 4) is 5.75 Å². The van der Waals surface area contributed by atoms with Crippen molar-refractivity contribution in [1.29, 1.82) is 0 Å². The first kappa shape index (κ1) is 20.3. The SMILES string of the molecule is CCN(Cc1cc(N)ccc1OCc1ccccc1)c1ccc(C(=O)O)c(C)c1. The highest BCUT2D eigenvalue weighted by Gasteiger charge is 2.14. The Morgan fingerprint density at radius 1 is 1.07 bits per heavy atom. The van der Waals surface area contributed by atoms with Crippen LogP contribution in [0.25, 0.3) is 0 Å². The lowest BCUT2D eigenvalue weighted by molar-refractivity contribution is 0.0696. The molecule has 0 bridgehead atoms. The van der Waals surface area contributed by atoms with Crippen LogP contribution in [0.5, 0.6) is 5.75 Å². The second-order valence-electron chi connectivity index (χ2n) is 6.96. The van der Waals surface area contributed by atoms with Crippen LogP contribution in [0.2, 0.25) is 0 Å². The molecule has 3 aromatic carbocycles. The lowest BCUT2D eigenvalue weighted by atomic mass is 10.1. The summed E-state index contributed by atoms with van der Waals surface area (Å²) < 4.78 is 6.07. The highest BCUT2D eigenvalue weighted by Crippen LogP contribution is 2.27. The van der Waals surface area contributed by atoms with E-state index in [2.05, 4.69) is 11.8 Å². The van der Waals surface area contributed by atoms with Gasteiger partial charge in [-0.2, -0.15) is 0 Å². The van der Waals surface area contributed by atoms with Crippen molar-refractivity contribution in [2.24, 2.45) is 0 Å². The molecular weight excluding hydrogens is 364 g/mol. The van der Waals surface area contributed by atoms with Crippen molar-refractivity contribution in [3.63, 3.8) is 0 Å². The molecular formula is C24H26N2O3. The molecule has 5 heteroatoms. The maximum atomic E-state index is 11.3. The van der Waals surface area contributed by atoms with Crippen LogP contribution >= 0.6 is 0 Å². The fourth-order valence-electron chi connectivity index (χ4n) is 3.27. The second kappa shape index (κ2) is 9.15. The summed E-state index contributed by atoms with van der Waals surface area (Å²) in [6.45, 7) is 5.74. The van der Waals surface area contributed by atoms with Crippen LogP contribution in [0.4, 0.5) is 11.4 Å². The molecule has 0 saturated carbocycles. The predicted molar refractivity (Wildman–Crippen MR) is 116 cm³/mol. The van der Waals surface area contributed by atoms with E-state index in [9.17, 15) is 9.90 Å². The highest BCUT2D eigenvalue weighted by molar-refractivity contribution is 5.89. The number of hydrogen-bond acceptors (Lipinski definition) is 4. The Labute approximate surface area is 171 Å². The van der Waals surface area contributed by atoms with Crippen LogP contribution in [0.3, 0.4) is 0 Å². The van der Waals surface area contributed by atoms with Crippen molar-refractivity contribution >= 4 is 17.3 Å². The molecule has 29 heavy (non-hydrogen) atoms. The summed E-state index contributed by atoms with van der Waals surface area (Å²) in [5, 5.41) is 9.26. The quantitative estimate of drug-likeness (QED) is 0.536. The van der Waals surface area contributed by atoms with E-state index < -0.39 is 5.97 Å². The third-order valence-electron chi connectivity index (χ3n) is 4.87. The number of nitrogen functional groups attached to an aromatic ring is 1. The van der Waals surface area contributed by atoms with Gasteiger partial charge in [0.1, 0.15) is 12.4 Å². The lowest BCUT2D eigenvalue weighted by Gasteiger charge is -2.25. The number of benzene rings is 3. The van der Waals surface area contributed by atoms with Crippen LogP contribution in [0.15, 0.2) is 66.7 Å². The van der Waals surface area contributed by atoms with Gasteiger partial charge in [-0.05, 0) is 61.4 Å². The van der Waals surface area contributed by atoms with Gasteiger partial charge in [-0.3, -0.25) is 0 Å². The van der Waals surface area contributed by atoms with Gasteiger partial charge in [0.15, 0.2) is 0 Å². The molecule has 0 unspecified atom stereocenters. The standard InChI is InChI=1S/C24H26N2O3/c1-3-26(21-10-11-22(24(27)28)17(2)13-21)15-19-14-20(25)9-12-23(19)29-16-18-7-5-4-6-8-18/h4-14H,3,15-16,25H2,1-2H3,(H,27,28). The van der Waals surface area contributed by atoms with Crippen LogP contribution in [0, 0.1) is 6.92 Å². The lowest BCUT2D eigenvalue weighted by Crippen LogP contribution is -2.23. The van der Waals surface area contributed by atoms with E-state index in [1.165, 1.54) is 0 Å². The van der Waals surface area contributed by atoms with E-state index in [0.717, 1.165) is 34.7 Å². The summed E-state index contributed by atoms with van der Waals surface area (Å²) in [6, 6.07) is 21.1. The summed E-state index contributed by atoms with van der Waals surface area (Å²) in [5.41, 5.74) is 10.8. The molecule has 0 spiro atoms. The monoisotopic (exact) mass is 390 g/mol. The Balaban J connectivity index is 1.82. The average molecular weight is 390 g/mol. The molecule has 0 atom stereocenters. The Bertz CT molecular complexity index is 987. The summed E-state index contributed by atoms with van der Waals surface area (Å²) in [5.74, 6) is -0.120. The molecule has 0 heterocycles. The number of carboxylic acids is 1. The van der Waals surface area contributed by atoms with Crippen molar-refractivity contribution < 1.29 is 14.6 Å². The number of ether oxygens (including phenoxy) is 1. The number of hydrogen-bond donors (Lipinski definition) is 2. The first-order valence-corrected chi connectivity index (χ1v) is 9.62. The van der Waals surface area contributed by atoms with Gasteiger partial charge in [0.2, 0.25) is 0 Å². The Morgan fingerprint density at radius 3 is 2.48 bits per heavy atom. The van der Waals surface area contributed by atoms with Crippen LogP contribution in [-0.4, -0.2) is 17.6 Å².